The second-order valence-corrected chi connectivity index (χ2v) is 4.50. The third kappa shape index (κ3) is 2.30. The number of aromatic nitrogens is 2. The van der Waals surface area contributed by atoms with Crippen molar-refractivity contribution in [1.29, 1.82) is 0 Å². The number of fused-ring (bicyclic) bond motifs is 1. The molecule has 0 radical (unpaired) electrons. The smallest absolute Gasteiger partial charge is 0.138 e. The number of nitrogens with zero attached hydrogens (tertiary/aromatic N) is 2. The van der Waals surface area contributed by atoms with Crippen LogP contribution in [0.2, 0.25) is 5.02 Å². The van der Waals surface area contributed by atoms with Crippen LogP contribution in [0.1, 0.15) is 0 Å². The molecule has 0 bridgehead atoms. The lowest BCUT2D eigenvalue weighted by Crippen LogP contribution is -1.97. The normalized spacial score (nSPS) is 10.6. The summed E-state index contributed by atoms with van der Waals surface area (Å²) < 4.78 is 0. The number of nitrogens with two attached hydrogens (primary N) is 1. The van der Waals surface area contributed by atoms with Gasteiger partial charge in [0.05, 0.1) is 0 Å². The number of nitrogens with one attached hydrogen (secondary N) is 1. The van der Waals surface area contributed by atoms with Crippen molar-refractivity contribution in [3.8, 4) is 0 Å². The molecular formula is C14H11ClN4. The summed E-state index contributed by atoms with van der Waals surface area (Å²) >= 11 is 6.17. The first kappa shape index (κ1) is 11.7. The van der Waals surface area contributed by atoms with Crippen molar-refractivity contribution in [3.63, 3.8) is 0 Å². The largest absolute Gasteiger partial charge is 0.384 e. The molecule has 3 N–H and O–H groups in total. The van der Waals surface area contributed by atoms with Crippen LogP contribution in [0.15, 0.2) is 48.8 Å². The van der Waals surface area contributed by atoms with E-state index in [1.807, 2.05) is 30.3 Å². The van der Waals surface area contributed by atoms with Gasteiger partial charge in [-0.3, -0.25) is 0 Å². The zero-order valence-electron chi connectivity index (χ0n) is 9.97. The van der Waals surface area contributed by atoms with Gasteiger partial charge in [-0.15, -0.1) is 0 Å². The molecular weight excluding hydrogens is 260 g/mol. The first-order valence-electron chi connectivity index (χ1n) is 5.76. The van der Waals surface area contributed by atoms with E-state index in [9.17, 15) is 0 Å². The molecule has 94 valence electrons. The number of pyridine rings is 2. The second-order valence-electron chi connectivity index (χ2n) is 4.09. The predicted octanol–water partition coefficient (Wildman–Crippen LogP) is 3.61. The zero-order valence-corrected chi connectivity index (χ0v) is 10.7. The van der Waals surface area contributed by atoms with Gasteiger partial charge < -0.3 is 11.1 Å². The quantitative estimate of drug-likeness (QED) is 0.747. The first-order valence-corrected chi connectivity index (χ1v) is 6.13. The third-order valence-electron chi connectivity index (χ3n) is 2.80. The van der Waals surface area contributed by atoms with Crippen molar-refractivity contribution in [3.05, 3.63) is 53.8 Å². The molecule has 0 saturated carbocycles. The van der Waals surface area contributed by atoms with Gasteiger partial charge in [0.25, 0.3) is 0 Å². The molecule has 0 aliphatic rings. The van der Waals surface area contributed by atoms with Crippen LogP contribution in [-0.4, -0.2) is 9.97 Å². The Kier molecular flexibility index (Phi) is 2.93. The van der Waals surface area contributed by atoms with E-state index in [-0.39, 0.29) is 0 Å². The van der Waals surface area contributed by atoms with Gasteiger partial charge >= 0.3 is 0 Å². The third-order valence-corrected chi connectivity index (χ3v) is 3.13. The minimum Gasteiger partial charge on any atom is -0.384 e. The maximum Gasteiger partial charge on any atom is 0.138 e. The number of anilines is 3. The highest BCUT2D eigenvalue weighted by Crippen LogP contribution is 2.29. The van der Waals surface area contributed by atoms with Gasteiger partial charge in [-0.05, 0) is 18.2 Å². The molecule has 0 aliphatic heterocycles. The van der Waals surface area contributed by atoms with Crippen LogP contribution in [0, 0.1) is 0 Å². The van der Waals surface area contributed by atoms with E-state index >= 15 is 0 Å². The maximum atomic E-state index is 6.17. The van der Waals surface area contributed by atoms with Gasteiger partial charge in [0.2, 0.25) is 0 Å². The number of halogens is 1. The molecule has 0 saturated heterocycles. The summed E-state index contributed by atoms with van der Waals surface area (Å²) in [6, 6.07) is 11.2. The molecule has 0 fully saturated rings. The Morgan fingerprint density at radius 2 is 1.84 bits per heavy atom. The van der Waals surface area contributed by atoms with E-state index in [1.54, 1.807) is 18.5 Å². The molecule has 0 atom stereocenters. The number of nitrogen functional groups attached to an aromatic ring is 1. The molecule has 2 aromatic heterocycles. The van der Waals surface area contributed by atoms with E-state index in [0.717, 1.165) is 22.3 Å². The number of benzene rings is 1. The summed E-state index contributed by atoms with van der Waals surface area (Å²) in [7, 11) is 0. The van der Waals surface area contributed by atoms with E-state index in [2.05, 4.69) is 15.3 Å². The van der Waals surface area contributed by atoms with Crippen LogP contribution < -0.4 is 11.1 Å². The SMILES string of the molecule is Nc1cc(Nc2nccc3c(Cl)cccc23)ccn1. The number of hydrogen-bond donors (Lipinski definition) is 2. The average Bonchev–Trinajstić information content (AvgIpc) is 2.40. The van der Waals surface area contributed by atoms with Gasteiger partial charge in [-0.1, -0.05) is 23.7 Å². The van der Waals surface area contributed by atoms with Crippen molar-refractivity contribution in [2.24, 2.45) is 0 Å². The Hall–Kier alpha value is -2.33. The van der Waals surface area contributed by atoms with Crippen LogP contribution in [-0.2, 0) is 0 Å². The van der Waals surface area contributed by atoms with Gasteiger partial charge in [0.1, 0.15) is 11.6 Å². The lowest BCUT2D eigenvalue weighted by atomic mass is 10.1. The molecule has 5 heteroatoms. The van der Waals surface area contributed by atoms with Gasteiger partial charge in [0, 0.05) is 39.9 Å². The second kappa shape index (κ2) is 4.74. The van der Waals surface area contributed by atoms with E-state index in [0.29, 0.717) is 10.8 Å². The highest BCUT2D eigenvalue weighted by atomic mass is 35.5. The fraction of sp³-hybridized carbons (Fsp3) is 0. The monoisotopic (exact) mass is 270 g/mol. The standard InChI is InChI=1S/C14H11ClN4/c15-12-3-1-2-11-10(12)5-7-18-14(11)19-9-4-6-17-13(16)8-9/h1-8H,(H3,16,17,18,19). The first-order chi connectivity index (χ1) is 9.24. The number of rotatable bonds is 2. The summed E-state index contributed by atoms with van der Waals surface area (Å²) in [5.74, 6) is 1.20. The Bertz CT molecular complexity index is 742. The summed E-state index contributed by atoms with van der Waals surface area (Å²) in [6.45, 7) is 0. The van der Waals surface area contributed by atoms with Crippen molar-refractivity contribution in [1.82, 2.24) is 9.97 Å². The van der Waals surface area contributed by atoms with Gasteiger partial charge in [0.15, 0.2) is 0 Å². The van der Waals surface area contributed by atoms with E-state index < -0.39 is 0 Å². The Morgan fingerprint density at radius 1 is 1.00 bits per heavy atom. The maximum absolute atomic E-state index is 6.17. The summed E-state index contributed by atoms with van der Waals surface area (Å²) in [6.07, 6.45) is 3.37. The Labute approximate surface area is 115 Å². The van der Waals surface area contributed by atoms with Crippen LogP contribution in [0.5, 0.6) is 0 Å². The average molecular weight is 271 g/mol. The van der Waals surface area contributed by atoms with Crippen LogP contribution in [0.4, 0.5) is 17.3 Å². The highest BCUT2D eigenvalue weighted by molar-refractivity contribution is 6.35. The molecule has 4 nitrogen and oxygen atoms in total. The van der Waals surface area contributed by atoms with E-state index in [1.165, 1.54) is 0 Å². The highest BCUT2D eigenvalue weighted by Gasteiger charge is 2.05. The van der Waals surface area contributed by atoms with Crippen LogP contribution in [0.3, 0.4) is 0 Å². The summed E-state index contributed by atoms with van der Waals surface area (Å²) in [4.78, 5) is 8.30. The van der Waals surface area contributed by atoms with Crippen molar-refractivity contribution in [2.45, 2.75) is 0 Å². The minimum atomic E-state index is 0.461. The molecule has 0 aliphatic carbocycles. The zero-order chi connectivity index (χ0) is 13.2. The summed E-state index contributed by atoms with van der Waals surface area (Å²) in [5.41, 5.74) is 6.50. The molecule has 2 heterocycles. The molecule has 19 heavy (non-hydrogen) atoms. The van der Waals surface area contributed by atoms with E-state index in [4.69, 9.17) is 17.3 Å². The lowest BCUT2D eigenvalue weighted by Gasteiger charge is -2.09. The molecule has 3 rings (SSSR count). The topological polar surface area (TPSA) is 63.8 Å². The predicted molar refractivity (Wildman–Crippen MR) is 78.7 cm³/mol. The molecule has 0 spiro atoms. The molecule has 0 unspecified atom stereocenters. The lowest BCUT2D eigenvalue weighted by molar-refractivity contribution is 1.31. The molecule has 3 aromatic rings. The van der Waals surface area contributed by atoms with Crippen molar-refractivity contribution in [2.75, 3.05) is 11.1 Å². The molecule has 1 aromatic carbocycles. The minimum absolute atomic E-state index is 0.461. The van der Waals surface area contributed by atoms with Crippen LogP contribution in [0.25, 0.3) is 10.8 Å². The fourth-order valence-electron chi connectivity index (χ4n) is 1.93. The Balaban J connectivity index is 2.08. The Morgan fingerprint density at radius 3 is 2.68 bits per heavy atom. The number of hydrogen-bond acceptors (Lipinski definition) is 4. The van der Waals surface area contributed by atoms with Gasteiger partial charge in [-0.2, -0.15) is 0 Å². The van der Waals surface area contributed by atoms with Crippen molar-refractivity contribution < 1.29 is 0 Å². The van der Waals surface area contributed by atoms with Crippen molar-refractivity contribution >= 4 is 39.7 Å². The van der Waals surface area contributed by atoms with Gasteiger partial charge in [-0.25, -0.2) is 9.97 Å². The fourth-order valence-corrected chi connectivity index (χ4v) is 2.17. The van der Waals surface area contributed by atoms with Crippen LogP contribution >= 0.6 is 11.6 Å². The summed E-state index contributed by atoms with van der Waals surface area (Å²) in [5, 5.41) is 5.86. The molecule has 0 amide bonds.